The van der Waals surface area contributed by atoms with E-state index in [4.69, 9.17) is 4.74 Å². The molecule has 0 saturated carbocycles. The van der Waals surface area contributed by atoms with E-state index in [1.54, 1.807) is 36.0 Å². The van der Waals surface area contributed by atoms with Crippen molar-refractivity contribution >= 4 is 39.4 Å². The summed E-state index contributed by atoms with van der Waals surface area (Å²) in [5.41, 5.74) is 2.31. The number of aromatic nitrogens is 3. The maximum absolute atomic E-state index is 12.1. The van der Waals surface area contributed by atoms with Gasteiger partial charge < -0.3 is 10.1 Å². The average Bonchev–Trinajstić information content (AvgIpc) is 2.98. The number of hydrogen-bond acceptors (Lipinski definition) is 7. The van der Waals surface area contributed by atoms with Crippen LogP contribution in [0.25, 0.3) is 11.0 Å². The highest BCUT2D eigenvalue weighted by molar-refractivity contribution is 7.13. The second kappa shape index (κ2) is 6.49. The van der Waals surface area contributed by atoms with Gasteiger partial charge in [0.05, 0.1) is 22.3 Å². The first-order chi connectivity index (χ1) is 11.1. The Hall–Kier alpha value is -2.87. The van der Waals surface area contributed by atoms with Crippen LogP contribution in [0.3, 0.4) is 0 Å². The summed E-state index contributed by atoms with van der Waals surface area (Å²) in [7, 11) is 0. The quantitative estimate of drug-likeness (QED) is 0.739. The lowest BCUT2D eigenvalue weighted by Gasteiger charge is -2.04. The standard InChI is InChI=1S/C15H12N4O3S/c1-9(20)18-15-19-11(8-23-15)7-22-14(21)10-2-3-12-13(6-10)17-5-4-16-12/h2-6,8H,7H2,1H3,(H,18,19,20). The van der Waals surface area contributed by atoms with Gasteiger partial charge in [-0.15, -0.1) is 11.3 Å². The fourth-order valence-electron chi connectivity index (χ4n) is 1.89. The van der Waals surface area contributed by atoms with Crippen LogP contribution in [-0.4, -0.2) is 26.8 Å². The average molecular weight is 328 g/mol. The van der Waals surface area contributed by atoms with Crippen LogP contribution in [0.2, 0.25) is 0 Å². The molecule has 0 saturated heterocycles. The molecule has 2 heterocycles. The Morgan fingerprint density at radius 3 is 2.78 bits per heavy atom. The van der Waals surface area contributed by atoms with Gasteiger partial charge in [0.15, 0.2) is 5.13 Å². The molecule has 8 heteroatoms. The lowest BCUT2D eigenvalue weighted by Crippen LogP contribution is -2.07. The van der Waals surface area contributed by atoms with Gasteiger partial charge in [0.25, 0.3) is 0 Å². The topological polar surface area (TPSA) is 94.1 Å². The fourth-order valence-corrected chi connectivity index (χ4v) is 2.64. The zero-order chi connectivity index (χ0) is 16.2. The van der Waals surface area contributed by atoms with Crippen LogP contribution in [0.1, 0.15) is 23.0 Å². The van der Waals surface area contributed by atoms with Crippen LogP contribution in [0.15, 0.2) is 36.0 Å². The van der Waals surface area contributed by atoms with Gasteiger partial charge in [-0.1, -0.05) is 0 Å². The monoisotopic (exact) mass is 328 g/mol. The van der Waals surface area contributed by atoms with Crippen molar-refractivity contribution in [2.24, 2.45) is 0 Å². The van der Waals surface area contributed by atoms with Crippen LogP contribution < -0.4 is 5.32 Å². The molecule has 7 nitrogen and oxygen atoms in total. The first kappa shape index (κ1) is 15.0. The molecule has 0 atom stereocenters. The number of carbonyl (C=O) groups is 2. The Labute approximate surface area is 135 Å². The molecule has 0 fully saturated rings. The summed E-state index contributed by atoms with van der Waals surface area (Å²) in [5, 5.41) is 4.78. The van der Waals surface area contributed by atoms with Gasteiger partial charge in [-0.3, -0.25) is 14.8 Å². The number of nitrogens with one attached hydrogen (secondary N) is 1. The van der Waals surface area contributed by atoms with Crippen molar-refractivity contribution in [1.82, 2.24) is 15.0 Å². The Balaban J connectivity index is 1.66. The zero-order valence-corrected chi connectivity index (χ0v) is 13.0. The lowest BCUT2D eigenvalue weighted by molar-refractivity contribution is -0.114. The molecule has 0 radical (unpaired) electrons. The molecule has 2 aromatic heterocycles. The van der Waals surface area contributed by atoms with Crippen molar-refractivity contribution in [3.8, 4) is 0 Å². The molecule has 0 aliphatic rings. The predicted octanol–water partition coefficient (Wildman–Crippen LogP) is 2.40. The first-order valence-corrected chi connectivity index (χ1v) is 7.59. The van der Waals surface area contributed by atoms with Gasteiger partial charge in [-0.25, -0.2) is 9.78 Å². The van der Waals surface area contributed by atoms with Gasteiger partial charge in [-0.05, 0) is 18.2 Å². The van der Waals surface area contributed by atoms with E-state index >= 15 is 0 Å². The summed E-state index contributed by atoms with van der Waals surface area (Å²) >= 11 is 1.27. The van der Waals surface area contributed by atoms with Gasteiger partial charge >= 0.3 is 5.97 Å². The van der Waals surface area contributed by atoms with Crippen molar-refractivity contribution < 1.29 is 14.3 Å². The fraction of sp³-hybridized carbons (Fsp3) is 0.133. The third-order valence-corrected chi connectivity index (χ3v) is 3.70. The normalized spacial score (nSPS) is 10.5. The number of carbonyl (C=O) groups excluding carboxylic acids is 2. The number of nitrogens with zero attached hydrogens (tertiary/aromatic N) is 3. The minimum Gasteiger partial charge on any atom is -0.456 e. The Kier molecular flexibility index (Phi) is 4.24. The molecule has 0 spiro atoms. The van der Waals surface area contributed by atoms with Gasteiger partial charge in [0.2, 0.25) is 5.91 Å². The van der Waals surface area contributed by atoms with Gasteiger partial charge in [0, 0.05) is 24.7 Å². The molecule has 23 heavy (non-hydrogen) atoms. The van der Waals surface area contributed by atoms with E-state index in [2.05, 4.69) is 20.3 Å². The number of amides is 1. The Bertz CT molecular complexity index is 878. The SMILES string of the molecule is CC(=O)Nc1nc(COC(=O)c2ccc3nccnc3c2)cs1. The third-order valence-electron chi connectivity index (χ3n) is 2.89. The van der Waals surface area contributed by atoms with E-state index in [-0.39, 0.29) is 12.5 Å². The number of ether oxygens (including phenoxy) is 1. The number of anilines is 1. The van der Waals surface area contributed by atoms with E-state index in [1.165, 1.54) is 18.3 Å². The molecule has 3 rings (SSSR count). The molecule has 116 valence electrons. The molecule has 0 bridgehead atoms. The highest BCUT2D eigenvalue weighted by Crippen LogP contribution is 2.17. The van der Waals surface area contributed by atoms with Crippen LogP contribution in [-0.2, 0) is 16.1 Å². The van der Waals surface area contributed by atoms with E-state index < -0.39 is 5.97 Å². The van der Waals surface area contributed by atoms with Gasteiger partial charge in [-0.2, -0.15) is 0 Å². The van der Waals surface area contributed by atoms with E-state index in [9.17, 15) is 9.59 Å². The molecule has 1 aromatic carbocycles. The second-order valence-electron chi connectivity index (χ2n) is 4.66. The van der Waals surface area contributed by atoms with Crippen LogP contribution in [0, 0.1) is 0 Å². The second-order valence-corrected chi connectivity index (χ2v) is 5.52. The van der Waals surface area contributed by atoms with Crippen LogP contribution in [0.4, 0.5) is 5.13 Å². The van der Waals surface area contributed by atoms with Crippen molar-refractivity contribution in [3.05, 3.63) is 47.2 Å². The Morgan fingerprint density at radius 2 is 2.00 bits per heavy atom. The number of hydrogen-bond donors (Lipinski definition) is 1. The zero-order valence-electron chi connectivity index (χ0n) is 12.1. The highest BCUT2D eigenvalue weighted by Gasteiger charge is 2.11. The van der Waals surface area contributed by atoms with Crippen molar-refractivity contribution in [1.29, 1.82) is 0 Å². The summed E-state index contributed by atoms with van der Waals surface area (Å²) in [6.45, 7) is 1.44. The number of esters is 1. The van der Waals surface area contributed by atoms with Crippen molar-refractivity contribution in [2.45, 2.75) is 13.5 Å². The number of rotatable bonds is 4. The van der Waals surface area contributed by atoms with Crippen LogP contribution >= 0.6 is 11.3 Å². The predicted molar refractivity (Wildman–Crippen MR) is 85.1 cm³/mol. The van der Waals surface area contributed by atoms with Crippen molar-refractivity contribution in [2.75, 3.05) is 5.32 Å². The van der Waals surface area contributed by atoms with Crippen LogP contribution in [0.5, 0.6) is 0 Å². The molecule has 0 unspecified atom stereocenters. The van der Waals surface area contributed by atoms with E-state index in [0.717, 1.165) is 0 Å². The Morgan fingerprint density at radius 1 is 1.22 bits per heavy atom. The number of benzene rings is 1. The largest absolute Gasteiger partial charge is 0.456 e. The molecular weight excluding hydrogens is 316 g/mol. The van der Waals surface area contributed by atoms with Gasteiger partial charge in [0.1, 0.15) is 6.61 Å². The minimum atomic E-state index is -0.466. The number of thiazole rings is 1. The summed E-state index contributed by atoms with van der Waals surface area (Å²) in [5.74, 6) is -0.660. The molecule has 1 N–H and O–H groups in total. The molecule has 0 aliphatic heterocycles. The minimum absolute atomic E-state index is 0.0351. The summed E-state index contributed by atoms with van der Waals surface area (Å²) in [4.78, 5) is 35.5. The maximum atomic E-state index is 12.1. The summed E-state index contributed by atoms with van der Waals surface area (Å²) in [6, 6.07) is 4.99. The molecule has 3 aromatic rings. The van der Waals surface area contributed by atoms with E-state index in [1.807, 2.05) is 0 Å². The maximum Gasteiger partial charge on any atom is 0.338 e. The highest BCUT2D eigenvalue weighted by atomic mass is 32.1. The van der Waals surface area contributed by atoms with E-state index in [0.29, 0.717) is 27.4 Å². The smallest absolute Gasteiger partial charge is 0.338 e. The first-order valence-electron chi connectivity index (χ1n) is 6.72. The van der Waals surface area contributed by atoms with Crippen molar-refractivity contribution in [3.63, 3.8) is 0 Å². The lowest BCUT2D eigenvalue weighted by atomic mass is 10.2. The summed E-state index contributed by atoms with van der Waals surface area (Å²) in [6.07, 6.45) is 3.16. The molecular formula is C15H12N4O3S. The number of fused-ring (bicyclic) bond motifs is 1. The third kappa shape index (κ3) is 3.67. The molecule has 1 amide bonds. The summed E-state index contributed by atoms with van der Waals surface area (Å²) < 4.78 is 5.23. The molecule has 0 aliphatic carbocycles.